The third-order valence-electron chi connectivity index (χ3n) is 5.21. The number of ether oxygens (including phenoxy) is 1. The molecule has 37 heavy (non-hydrogen) atoms. The lowest BCUT2D eigenvalue weighted by Gasteiger charge is -2.23. The van der Waals surface area contributed by atoms with E-state index < -0.39 is 22.0 Å². The number of furan rings is 1. The fourth-order valence-corrected chi connectivity index (χ4v) is 4.46. The minimum atomic E-state index is -4.27. The van der Waals surface area contributed by atoms with E-state index in [-0.39, 0.29) is 29.5 Å². The van der Waals surface area contributed by atoms with Crippen molar-refractivity contribution in [1.82, 2.24) is 4.90 Å². The molecule has 0 saturated carbocycles. The van der Waals surface area contributed by atoms with Gasteiger partial charge < -0.3 is 23.6 Å². The van der Waals surface area contributed by atoms with Crippen LogP contribution in [0, 0.1) is 5.82 Å². The monoisotopic (exact) mass is 544 g/mol. The van der Waals surface area contributed by atoms with Crippen molar-refractivity contribution in [1.29, 1.82) is 0 Å². The van der Waals surface area contributed by atoms with Crippen molar-refractivity contribution in [2.24, 2.45) is 0 Å². The molecule has 0 radical (unpaired) electrons. The molecule has 0 spiro atoms. The van der Waals surface area contributed by atoms with Gasteiger partial charge in [-0.05, 0) is 78.4 Å². The first-order valence-electron chi connectivity index (χ1n) is 10.9. The molecule has 8 nitrogen and oxygen atoms in total. The number of amides is 2. The van der Waals surface area contributed by atoms with Gasteiger partial charge in [0.2, 0.25) is 0 Å². The molecule has 11 heteroatoms. The van der Waals surface area contributed by atoms with Crippen LogP contribution in [0.25, 0.3) is 0 Å². The number of methoxy groups -OCH3 is 1. The Balaban J connectivity index is 1.59. The highest BCUT2D eigenvalue weighted by molar-refractivity contribution is 7.87. The van der Waals surface area contributed by atoms with E-state index in [1.807, 2.05) is 0 Å². The molecule has 0 unspecified atom stereocenters. The van der Waals surface area contributed by atoms with Gasteiger partial charge in [-0.1, -0.05) is 17.7 Å². The Hall–Kier alpha value is -4.02. The van der Waals surface area contributed by atoms with E-state index in [1.165, 1.54) is 30.4 Å². The molecule has 0 fully saturated rings. The number of urea groups is 1. The first kappa shape index (κ1) is 26.1. The second kappa shape index (κ2) is 11.4. The molecule has 192 valence electrons. The number of hydrogen-bond acceptors (Lipinski definition) is 6. The third-order valence-corrected chi connectivity index (χ3v) is 6.71. The van der Waals surface area contributed by atoms with Crippen LogP contribution in [0.4, 0.5) is 14.9 Å². The van der Waals surface area contributed by atoms with Crippen LogP contribution in [0.15, 0.2) is 94.4 Å². The van der Waals surface area contributed by atoms with Crippen LogP contribution in [0.2, 0.25) is 5.02 Å². The zero-order chi connectivity index (χ0) is 26.4. The van der Waals surface area contributed by atoms with E-state index in [0.717, 1.165) is 24.3 Å². The van der Waals surface area contributed by atoms with Crippen LogP contribution < -0.4 is 14.2 Å². The summed E-state index contributed by atoms with van der Waals surface area (Å²) < 4.78 is 54.8. The molecule has 3 aromatic carbocycles. The molecule has 0 aliphatic heterocycles. The highest BCUT2D eigenvalue weighted by Gasteiger charge is 2.22. The number of nitrogens with zero attached hydrogens (tertiary/aromatic N) is 1. The number of carbonyl (C=O) groups excluding carboxylic acids is 1. The summed E-state index contributed by atoms with van der Waals surface area (Å²) in [5, 5.41) is 3.34. The lowest BCUT2D eigenvalue weighted by molar-refractivity contribution is 0.201. The van der Waals surface area contributed by atoms with E-state index in [2.05, 4.69) is 5.32 Å². The standard InChI is InChI=1S/C26H22ClFN2O6S/c1-34-24-13-4-18(15-25(24)36-37(32,33)23-11-7-20(28)8-12-23)16-30(17-22-3-2-14-35-22)26(31)29-21-9-5-19(27)6-10-21/h2-15H,16-17H2,1H3,(H,29,31). The Morgan fingerprint density at radius 2 is 1.73 bits per heavy atom. The number of anilines is 1. The van der Waals surface area contributed by atoms with Crippen molar-refractivity contribution in [3.05, 3.63) is 107 Å². The molecule has 2 amide bonds. The largest absolute Gasteiger partial charge is 0.493 e. The van der Waals surface area contributed by atoms with Gasteiger partial charge in [0.25, 0.3) is 0 Å². The van der Waals surface area contributed by atoms with E-state index in [0.29, 0.717) is 22.0 Å². The van der Waals surface area contributed by atoms with Crippen LogP contribution in [0.3, 0.4) is 0 Å². The van der Waals surface area contributed by atoms with Gasteiger partial charge in [0.15, 0.2) is 11.5 Å². The third kappa shape index (κ3) is 6.81. The number of nitrogens with one attached hydrogen (secondary N) is 1. The first-order chi connectivity index (χ1) is 17.7. The quantitative estimate of drug-likeness (QED) is 0.256. The fourth-order valence-electron chi connectivity index (χ4n) is 3.40. The number of rotatable bonds is 9. The van der Waals surface area contributed by atoms with Gasteiger partial charge in [-0.15, -0.1) is 0 Å². The lowest BCUT2D eigenvalue weighted by atomic mass is 10.2. The van der Waals surface area contributed by atoms with E-state index in [4.69, 9.17) is 24.9 Å². The van der Waals surface area contributed by atoms with Crippen molar-refractivity contribution in [3.8, 4) is 11.5 Å². The topological polar surface area (TPSA) is 98.1 Å². The average Bonchev–Trinajstić information content (AvgIpc) is 3.38. The molecule has 1 heterocycles. The van der Waals surface area contributed by atoms with E-state index in [9.17, 15) is 17.6 Å². The van der Waals surface area contributed by atoms with Gasteiger partial charge in [0.1, 0.15) is 16.5 Å². The first-order valence-corrected chi connectivity index (χ1v) is 12.7. The number of hydrogen-bond donors (Lipinski definition) is 1. The molecular weight excluding hydrogens is 523 g/mol. The minimum absolute atomic E-state index is 0.0804. The van der Waals surface area contributed by atoms with Crippen LogP contribution in [-0.2, 0) is 23.2 Å². The molecular formula is C26H22ClFN2O6S. The highest BCUT2D eigenvalue weighted by Crippen LogP contribution is 2.31. The van der Waals surface area contributed by atoms with E-state index in [1.54, 1.807) is 42.5 Å². The van der Waals surface area contributed by atoms with Crippen LogP contribution in [-0.4, -0.2) is 26.5 Å². The zero-order valence-corrected chi connectivity index (χ0v) is 21.1. The minimum Gasteiger partial charge on any atom is -0.493 e. The van der Waals surface area contributed by atoms with Gasteiger partial charge >= 0.3 is 16.1 Å². The van der Waals surface area contributed by atoms with Crippen molar-refractivity contribution < 1.29 is 30.9 Å². The lowest BCUT2D eigenvalue weighted by Crippen LogP contribution is -2.34. The van der Waals surface area contributed by atoms with Crippen molar-refractivity contribution in [2.45, 2.75) is 18.0 Å². The summed E-state index contributed by atoms with van der Waals surface area (Å²) in [5.74, 6) is 0.0557. The summed E-state index contributed by atoms with van der Waals surface area (Å²) in [5.41, 5.74) is 1.10. The van der Waals surface area contributed by atoms with Gasteiger partial charge in [-0.25, -0.2) is 9.18 Å². The Kier molecular flexibility index (Phi) is 8.00. The maximum absolute atomic E-state index is 13.2. The molecule has 0 saturated heterocycles. The Morgan fingerprint density at radius 3 is 2.38 bits per heavy atom. The van der Waals surface area contributed by atoms with Crippen LogP contribution in [0.5, 0.6) is 11.5 Å². The van der Waals surface area contributed by atoms with Gasteiger partial charge in [-0.2, -0.15) is 8.42 Å². The van der Waals surface area contributed by atoms with Crippen LogP contribution >= 0.6 is 11.6 Å². The number of halogens is 2. The maximum atomic E-state index is 13.2. The number of benzene rings is 3. The summed E-state index contributed by atoms with van der Waals surface area (Å²) in [6, 6.07) is 18.6. The summed E-state index contributed by atoms with van der Waals surface area (Å²) in [6.07, 6.45) is 1.50. The average molecular weight is 545 g/mol. The van der Waals surface area contributed by atoms with Gasteiger partial charge in [0.05, 0.1) is 19.9 Å². The van der Waals surface area contributed by atoms with E-state index >= 15 is 0 Å². The summed E-state index contributed by atoms with van der Waals surface area (Å²) >= 11 is 5.93. The maximum Gasteiger partial charge on any atom is 0.339 e. The highest BCUT2D eigenvalue weighted by atomic mass is 35.5. The van der Waals surface area contributed by atoms with Crippen molar-refractivity contribution in [3.63, 3.8) is 0 Å². The Bertz CT molecular complexity index is 1460. The van der Waals surface area contributed by atoms with Gasteiger partial charge in [-0.3, -0.25) is 0 Å². The summed E-state index contributed by atoms with van der Waals surface area (Å²) in [4.78, 5) is 14.4. The predicted molar refractivity (Wildman–Crippen MR) is 136 cm³/mol. The SMILES string of the molecule is COc1ccc(CN(Cc2ccco2)C(=O)Nc2ccc(Cl)cc2)cc1OS(=O)(=O)c1ccc(F)cc1. The second-order valence-corrected chi connectivity index (χ2v) is 9.83. The Labute approximate surface area is 218 Å². The Morgan fingerprint density at radius 1 is 1.00 bits per heavy atom. The summed E-state index contributed by atoms with van der Waals surface area (Å²) in [6.45, 7) is 0.222. The summed E-state index contributed by atoms with van der Waals surface area (Å²) in [7, 11) is -2.90. The molecule has 1 aromatic heterocycles. The van der Waals surface area contributed by atoms with Crippen molar-refractivity contribution in [2.75, 3.05) is 12.4 Å². The molecule has 4 rings (SSSR count). The fraction of sp³-hybridized carbons (Fsp3) is 0.115. The molecule has 4 aromatic rings. The number of carbonyl (C=O) groups is 1. The van der Waals surface area contributed by atoms with Crippen molar-refractivity contribution >= 4 is 33.4 Å². The van der Waals surface area contributed by atoms with Gasteiger partial charge in [0, 0.05) is 17.3 Å². The molecule has 0 atom stereocenters. The molecule has 0 aliphatic rings. The molecule has 1 N–H and O–H groups in total. The normalized spacial score (nSPS) is 11.1. The smallest absolute Gasteiger partial charge is 0.339 e. The predicted octanol–water partition coefficient (Wildman–Crippen LogP) is 6.08. The second-order valence-electron chi connectivity index (χ2n) is 7.85. The zero-order valence-electron chi connectivity index (χ0n) is 19.6. The molecule has 0 aliphatic carbocycles. The van der Waals surface area contributed by atoms with Crippen LogP contribution in [0.1, 0.15) is 11.3 Å². The molecule has 0 bridgehead atoms.